The van der Waals surface area contributed by atoms with Crippen molar-refractivity contribution in [1.82, 2.24) is 15.1 Å². The Morgan fingerprint density at radius 2 is 2.05 bits per heavy atom. The highest BCUT2D eigenvalue weighted by atomic mass is 16.4. The zero-order valence-electron chi connectivity index (χ0n) is 12.4. The van der Waals surface area contributed by atoms with Gasteiger partial charge in [-0.05, 0) is 36.8 Å². The van der Waals surface area contributed by atoms with Crippen molar-refractivity contribution in [3.8, 4) is 5.69 Å². The fraction of sp³-hybridized carbons (Fsp3) is 0.312. The summed E-state index contributed by atoms with van der Waals surface area (Å²) in [5.41, 5.74) is 1.35. The molecule has 0 aliphatic carbocycles. The summed E-state index contributed by atoms with van der Waals surface area (Å²) in [6, 6.07) is 8.80. The normalized spacial score (nSPS) is 11.9. The van der Waals surface area contributed by atoms with E-state index >= 15 is 0 Å². The van der Waals surface area contributed by atoms with Crippen molar-refractivity contribution in [2.45, 2.75) is 19.8 Å². The van der Waals surface area contributed by atoms with Crippen molar-refractivity contribution < 1.29 is 14.7 Å². The monoisotopic (exact) mass is 301 g/mol. The maximum atomic E-state index is 12.0. The number of nitrogens with zero attached hydrogens (tertiary/aromatic N) is 2. The first-order chi connectivity index (χ1) is 10.6. The van der Waals surface area contributed by atoms with Gasteiger partial charge >= 0.3 is 5.97 Å². The van der Waals surface area contributed by atoms with Gasteiger partial charge in [0.05, 0.1) is 11.6 Å². The average molecular weight is 301 g/mol. The standard InChI is InChI=1S/C16H19N3O3/c1-2-4-13(16(21)22)11-17-15(20)12-5-7-14(8-6-12)19-10-3-9-18-19/h3,5-10,13H,2,4,11H2,1H3,(H,17,20)(H,21,22). The van der Waals surface area contributed by atoms with E-state index in [0.29, 0.717) is 12.0 Å². The number of aliphatic carboxylic acids is 1. The fourth-order valence-electron chi connectivity index (χ4n) is 2.17. The molecule has 6 nitrogen and oxygen atoms in total. The lowest BCUT2D eigenvalue weighted by molar-refractivity contribution is -0.141. The van der Waals surface area contributed by atoms with Crippen LogP contribution < -0.4 is 5.32 Å². The topological polar surface area (TPSA) is 84.2 Å². The van der Waals surface area contributed by atoms with Crippen LogP contribution in [0.5, 0.6) is 0 Å². The Bertz CT molecular complexity index is 621. The number of carbonyl (C=O) groups excluding carboxylic acids is 1. The van der Waals surface area contributed by atoms with Crippen LogP contribution in [0.15, 0.2) is 42.7 Å². The van der Waals surface area contributed by atoms with Crippen LogP contribution in [0.2, 0.25) is 0 Å². The van der Waals surface area contributed by atoms with E-state index in [0.717, 1.165) is 12.1 Å². The number of aromatic nitrogens is 2. The summed E-state index contributed by atoms with van der Waals surface area (Å²) in [7, 11) is 0. The summed E-state index contributed by atoms with van der Waals surface area (Å²) in [4.78, 5) is 23.1. The maximum Gasteiger partial charge on any atom is 0.308 e. The van der Waals surface area contributed by atoms with Crippen LogP contribution >= 0.6 is 0 Å². The SMILES string of the molecule is CCCC(CNC(=O)c1ccc(-n2cccn2)cc1)C(=O)O. The van der Waals surface area contributed by atoms with Crippen molar-refractivity contribution in [1.29, 1.82) is 0 Å². The predicted molar refractivity (Wildman–Crippen MR) is 81.9 cm³/mol. The van der Waals surface area contributed by atoms with Crippen molar-refractivity contribution in [3.63, 3.8) is 0 Å². The molecule has 1 aromatic heterocycles. The molecule has 0 aliphatic rings. The molecule has 2 N–H and O–H groups in total. The highest BCUT2D eigenvalue weighted by Crippen LogP contribution is 2.09. The van der Waals surface area contributed by atoms with E-state index in [2.05, 4.69) is 10.4 Å². The number of carbonyl (C=O) groups is 2. The van der Waals surface area contributed by atoms with Gasteiger partial charge in [-0.2, -0.15) is 5.10 Å². The van der Waals surface area contributed by atoms with Crippen LogP contribution in [0.25, 0.3) is 5.69 Å². The zero-order valence-corrected chi connectivity index (χ0v) is 12.4. The quantitative estimate of drug-likeness (QED) is 0.820. The second kappa shape index (κ2) is 7.40. The molecule has 1 unspecified atom stereocenters. The molecule has 116 valence electrons. The molecular formula is C16H19N3O3. The molecule has 0 saturated heterocycles. The van der Waals surface area contributed by atoms with E-state index in [1.807, 2.05) is 19.2 Å². The second-order valence-corrected chi connectivity index (χ2v) is 5.03. The first-order valence-electron chi connectivity index (χ1n) is 7.23. The first kappa shape index (κ1) is 15.8. The van der Waals surface area contributed by atoms with Gasteiger partial charge in [-0.3, -0.25) is 9.59 Å². The third-order valence-electron chi connectivity index (χ3n) is 3.39. The molecule has 0 saturated carbocycles. The van der Waals surface area contributed by atoms with Crippen molar-refractivity contribution in [3.05, 3.63) is 48.3 Å². The minimum absolute atomic E-state index is 0.142. The van der Waals surface area contributed by atoms with Crippen LogP contribution in [-0.4, -0.2) is 33.3 Å². The summed E-state index contributed by atoms with van der Waals surface area (Å²) in [6.07, 6.45) is 4.82. The van der Waals surface area contributed by atoms with E-state index in [-0.39, 0.29) is 12.5 Å². The smallest absolute Gasteiger partial charge is 0.308 e. The van der Waals surface area contributed by atoms with Crippen LogP contribution in [0.4, 0.5) is 0 Å². The van der Waals surface area contributed by atoms with Gasteiger partial charge in [0.2, 0.25) is 0 Å². The van der Waals surface area contributed by atoms with Crippen LogP contribution in [0.3, 0.4) is 0 Å². The number of benzene rings is 1. The molecule has 22 heavy (non-hydrogen) atoms. The van der Waals surface area contributed by atoms with Gasteiger partial charge < -0.3 is 10.4 Å². The van der Waals surface area contributed by atoms with Crippen LogP contribution in [-0.2, 0) is 4.79 Å². The van der Waals surface area contributed by atoms with E-state index in [4.69, 9.17) is 5.11 Å². The Morgan fingerprint density at radius 1 is 1.32 bits per heavy atom. The largest absolute Gasteiger partial charge is 0.481 e. The Balaban J connectivity index is 1.96. The molecule has 0 bridgehead atoms. The molecule has 6 heteroatoms. The molecule has 1 amide bonds. The summed E-state index contributed by atoms with van der Waals surface area (Å²) < 4.78 is 1.70. The number of carboxylic acids is 1. The Hall–Kier alpha value is -2.63. The van der Waals surface area contributed by atoms with Crippen molar-refractivity contribution >= 4 is 11.9 Å². The molecule has 0 aliphatic heterocycles. The summed E-state index contributed by atoms with van der Waals surface area (Å²) >= 11 is 0. The lowest BCUT2D eigenvalue weighted by atomic mass is 10.0. The van der Waals surface area contributed by atoms with Gasteiger partial charge in [-0.25, -0.2) is 4.68 Å². The van der Waals surface area contributed by atoms with Gasteiger partial charge in [0.15, 0.2) is 0 Å². The molecule has 2 aromatic rings. The molecule has 0 fully saturated rings. The van der Waals surface area contributed by atoms with Gasteiger partial charge in [0.25, 0.3) is 5.91 Å². The summed E-state index contributed by atoms with van der Waals surface area (Å²) in [5, 5.41) is 15.9. The number of carboxylic acid groups (broad SMARTS) is 1. The van der Waals surface area contributed by atoms with Gasteiger partial charge in [0, 0.05) is 24.5 Å². The van der Waals surface area contributed by atoms with E-state index in [1.54, 1.807) is 35.1 Å². The third kappa shape index (κ3) is 3.94. The fourth-order valence-corrected chi connectivity index (χ4v) is 2.17. The maximum absolute atomic E-state index is 12.0. The number of rotatable bonds is 7. The lowest BCUT2D eigenvalue weighted by Crippen LogP contribution is -2.32. The average Bonchev–Trinajstić information content (AvgIpc) is 3.05. The highest BCUT2D eigenvalue weighted by Gasteiger charge is 2.17. The van der Waals surface area contributed by atoms with Gasteiger partial charge in [-0.1, -0.05) is 13.3 Å². The highest BCUT2D eigenvalue weighted by molar-refractivity contribution is 5.94. The first-order valence-corrected chi connectivity index (χ1v) is 7.23. The van der Waals surface area contributed by atoms with E-state index < -0.39 is 11.9 Å². The Labute approximate surface area is 128 Å². The molecule has 1 aromatic carbocycles. The van der Waals surface area contributed by atoms with Gasteiger partial charge in [0.1, 0.15) is 0 Å². The lowest BCUT2D eigenvalue weighted by Gasteiger charge is -2.12. The summed E-state index contributed by atoms with van der Waals surface area (Å²) in [5.74, 6) is -1.69. The zero-order chi connectivity index (χ0) is 15.9. The van der Waals surface area contributed by atoms with Gasteiger partial charge in [-0.15, -0.1) is 0 Å². The van der Waals surface area contributed by atoms with E-state index in [1.165, 1.54) is 0 Å². The van der Waals surface area contributed by atoms with Crippen molar-refractivity contribution in [2.75, 3.05) is 6.54 Å². The molecule has 1 heterocycles. The van der Waals surface area contributed by atoms with E-state index in [9.17, 15) is 9.59 Å². The van der Waals surface area contributed by atoms with Crippen LogP contribution in [0, 0.1) is 5.92 Å². The number of amides is 1. The van der Waals surface area contributed by atoms with Crippen LogP contribution in [0.1, 0.15) is 30.1 Å². The molecule has 0 radical (unpaired) electrons. The molecular weight excluding hydrogens is 282 g/mol. The minimum Gasteiger partial charge on any atom is -0.481 e. The number of nitrogens with one attached hydrogen (secondary N) is 1. The second-order valence-electron chi connectivity index (χ2n) is 5.03. The minimum atomic E-state index is -0.879. The van der Waals surface area contributed by atoms with Crippen molar-refractivity contribution in [2.24, 2.45) is 5.92 Å². The molecule has 0 spiro atoms. The predicted octanol–water partition coefficient (Wildman–Crippen LogP) is 2.10. The third-order valence-corrected chi connectivity index (χ3v) is 3.39. The molecule has 1 atom stereocenters. The Kier molecular flexibility index (Phi) is 5.30. The number of hydrogen-bond acceptors (Lipinski definition) is 3. The Morgan fingerprint density at radius 3 is 2.59 bits per heavy atom. The number of hydrogen-bond donors (Lipinski definition) is 2. The summed E-state index contributed by atoms with van der Waals surface area (Å²) in [6.45, 7) is 2.06. The molecule has 2 rings (SSSR count).